The van der Waals surface area contributed by atoms with Gasteiger partial charge in [-0.25, -0.2) is 0 Å². The van der Waals surface area contributed by atoms with Crippen molar-refractivity contribution in [2.75, 3.05) is 6.54 Å². The van der Waals surface area contributed by atoms with Gasteiger partial charge in [0, 0.05) is 42.0 Å². The normalized spacial score (nSPS) is 16.1. The van der Waals surface area contributed by atoms with Gasteiger partial charge in [-0.3, -0.25) is 14.8 Å². The van der Waals surface area contributed by atoms with Crippen LogP contribution in [0, 0.1) is 0 Å². The Labute approximate surface area is 173 Å². The number of hydrogen-bond donors (Lipinski definition) is 0. The minimum absolute atomic E-state index is 0.0283. The number of likely N-dealkylation sites (tertiary alicyclic amines) is 1. The van der Waals surface area contributed by atoms with Crippen molar-refractivity contribution in [1.82, 2.24) is 20.0 Å². The van der Waals surface area contributed by atoms with E-state index in [4.69, 9.17) is 9.26 Å². The summed E-state index contributed by atoms with van der Waals surface area (Å²) >= 11 is 0. The quantitative estimate of drug-likeness (QED) is 0.500. The van der Waals surface area contributed by atoms with Gasteiger partial charge in [0.1, 0.15) is 12.4 Å². The van der Waals surface area contributed by atoms with Crippen molar-refractivity contribution < 1.29 is 14.1 Å². The van der Waals surface area contributed by atoms with E-state index in [0.29, 0.717) is 18.0 Å². The number of carbonyl (C=O) groups excluding carboxylic acids is 1. The first-order chi connectivity index (χ1) is 14.8. The third-order valence-electron chi connectivity index (χ3n) is 5.33. The molecular formula is C23H20N4O3. The van der Waals surface area contributed by atoms with Crippen LogP contribution in [0.25, 0.3) is 10.8 Å². The molecule has 1 fully saturated rings. The first kappa shape index (κ1) is 18.3. The fourth-order valence-corrected chi connectivity index (χ4v) is 3.89. The lowest BCUT2D eigenvalue weighted by atomic mass is 10.1. The SMILES string of the molecule is O=C(c1cc(COc2cccc3cnccc23)on1)N1CCC[C@H]1c1ccccn1. The molecule has 1 saturated heterocycles. The van der Waals surface area contributed by atoms with Crippen molar-refractivity contribution in [3.8, 4) is 5.75 Å². The molecule has 0 spiro atoms. The van der Waals surface area contributed by atoms with Crippen molar-refractivity contribution in [2.45, 2.75) is 25.5 Å². The van der Waals surface area contributed by atoms with Gasteiger partial charge >= 0.3 is 0 Å². The Morgan fingerprint density at radius 2 is 2.13 bits per heavy atom. The number of carbonyl (C=O) groups is 1. The predicted octanol–water partition coefficient (Wildman–Crippen LogP) is 4.17. The van der Waals surface area contributed by atoms with Crippen molar-refractivity contribution in [3.63, 3.8) is 0 Å². The number of ether oxygens (including phenoxy) is 1. The molecule has 1 amide bonds. The van der Waals surface area contributed by atoms with Crippen LogP contribution in [0.2, 0.25) is 0 Å². The Morgan fingerprint density at radius 1 is 1.17 bits per heavy atom. The second kappa shape index (κ2) is 7.94. The number of aromatic nitrogens is 3. The van der Waals surface area contributed by atoms with Crippen LogP contribution in [-0.4, -0.2) is 32.5 Å². The van der Waals surface area contributed by atoms with Gasteiger partial charge in [-0.2, -0.15) is 0 Å². The van der Waals surface area contributed by atoms with Crippen LogP contribution in [0.3, 0.4) is 0 Å². The molecule has 0 aliphatic carbocycles. The zero-order valence-electron chi connectivity index (χ0n) is 16.3. The van der Waals surface area contributed by atoms with Gasteiger partial charge in [-0.15, -0.1) is 0 Å². The molecule has 1 atom stereocenters. The van der Waals surface area contributed by atoms with E-state index < -0.39 is 0 Å². The maximum absolute atomic E-state index is 13.0. The van der Waals surface area contributed by atoms with Gasteiger partial charge in [0.25, 0.3) is 5.91 Å². The summed E-state index contributed by atoms with van der Waals surface area (Å²) in [7, 11) is 0. The highest BCUT2D eigenvalue weighted by Crippen LogP contribution is 2.32. The Morgan fingerprint density at radius 3 is 3.03 bits per heavy atom. The Kier molecular flexibility index (Phi) is 4.85. The van der Waals surface area contributed by atoms with Crippen LogP contribution in [0.4, 0.5) is 0 Å². The molecule has 30 heavy (non-hydrogen) atoms. The molecule has 4 heterocycles. The number of rotatable bonds is 5. The van der Waals surface area contributed by atoms with Crippen molar-refractivity contribution in [3.05, 3.63) is 84.3 Å². The summed E-state index contributed by atoms with van der Waals surface area (Å²) in [6.45, 7) is 0.869. The summed E-state index contributed by atoms with van der Waals surface area (Å²) in [6, 6.07) is 15.1. The van der Waals surface area contributed by atoms with Gasteiger partial charge in [0.05, 0.1) is 11.7 Å². The fourth-order valence-electron chi connectivity index (χ4n) is 3.89. The lowest BCUT2D eigenvalue weighted by Crippen LogP contribution is -2.31. The monoisotopic (exact) mass is 400 g/mol. The molecule has 0 radical (unpaired) electrons. The van der Waals surface area contributed by atoms with Gasteiger partial charge < -0.3 is 14.2 Å². The number of benzene rings is 1. The number of hydrogen-bond acceptors (Lipinski definition) is 6. The molecule has 7 nitrogen and oxygen atoms in total. The van der Waals surface area contributed by atoms with Gasteiger partial charge in [-0.05, 0) is 37.1 Å². The first-order valence-corrected chi connectivity index (χ1v) is 9.92. The molecular weight excluding hydrogens is 380 g/mol. The lowest BCUT2D eigenvalue weighted by molar-refractivity contribution is 0.0722. The highest BCUT2D eigenvalue weighted by Gasteiger charge is 2.32. The standard InChI is InChI=1S/C23H20N4O3/c28-23(27-12-4-7-21(27)19-6-1-2-10-25-19)20-13-17(30-26-20)15-29-22-8-3-5-16-14-24-11-9-18(16)22/h1-3,5-6,8-11,13-14,21H,4,7,12,15H2/t21-/m0/s1. The maximum atomic E-state index is 13.0. The molecule has 150 valence electrons. The maximum Gasteiger partial charge on any atom is 0.276 e. The minimum Gasteiger partial charge on any atom is -0.485 e. The van der Waals surface area contributed by atoms with Crippen LogP contribution < -0.4 is 4.74 Å². The molecule has 1 aliphatic heterocycles. The average Bonchev–Trinajstić information content (AvgIpc) is 3.48. The zero-order valence-corrected chi connectivity index (χ0v) is 16.3. The summed E-state index contributed by atoms with van der Waals surface area (Å²) in [6.07, 6.45) is 7.12. The van der Waals surface area contributed by atoms with Crippen LogP contribution in [0.15, 0.2) is 71.6 Å². The lowest BCUT2D eigenvalue weighted by Gasteiger charge is -2.23. The number of amides is 1. The highest BCUT2D eigenvalue weighted by atomic mass is 16.5. The number of nitrogens with zero attached hydrogens (tertiary/aromatic N) is 4. The van der Waals surface area contributed by atoms with Crippen molar-refractivity contribution in [2.24, 2.45) is 0 Å². The molecule has 0 unspecified atom stereocenters. The molecule has 4 aromatic rings. The van der Waals surface area contributed by atoms with Crippen molar-refractivity contribution >= 4 is 16.7 Å². The molecule has 3 aromatic heterocycles. The van der Waals surface area contributed by atoms with E-state index in [0.717, 1.165) is 35.1 Å². The van der Waals surface area contributed by atoms with Crippen molar-refractivity contribution in [1.29, 1.82) is 0 Å². The van der Waals surface area contributed by atoms with E-state index in [1.54, 1.807) is 24.7 Å². The minimum atomic E-state index is -0.144. The topological polar surface area (TPSA) is 81.3 Å². The second-order valence-corrected chi connectivity index (χ2v) is 7.23. The first-order valence-electron chi connectivity index (χ1n) is 9.92. The third-order valence-corrected chi connectivity index (χ3v) is 5.33. The Hall–Kier alpha value is -3.74. The largest absolute Gasteiger partial charge is 0.485 e. The molecule has 0 saturated carbocycles. The van der Waals surface area contributed by atoms with E-state index in [2.05, 4.69) is 15.1 Å². The molecule has 0 bridgehead atoms. The van der Waals surface area contributed by atoms with E-state index in [1.807, 2.05) is 47.4 Å². The number of fused-ring (bicyclic) bond motifs is 1. The summed E-state index contributed by atoms with van der Waals surface area (Å²) in [5.74, 6) is 1.08. The second-order valence-electron chi connectivity index (χ2n) is 7.23. The van der Waals surface area contributed by atoms with Crippen LogP contribution in [0.1, 0.15) is 40.8 Å². The fraction of sp³-hybridized carbons (Fsp3) is 0.217. The van der Waals surface area contributed by atoms with Crippen LogP contribution in [-0.2, 0) is 6.61 Å². The Balaban J connectivity index is 1.30. The van der Waals surface area contributed by atoms with Gasteiger partial charge in [0.2, 0.25) is 0 Å². The molecule has 0 N–H and O–H groups in total. The van der Waals surface area contributed by atoms with Crippen LogP contribution >= 0.6 is 0 Å². The van der Waals surface area contributed by atoms with Crippen LogP contribution in [0.5, 0.6) is 5.75 Å². The molecule has 5 rings (SSSR count). The predicted molar refractivity (Wildman–Crippen MR) is 110 cm³/mol. The highest BCUT2D eigenvalue weighted by molar-refractivity contribution is 5.92. The summed E-state index contributed by atoms with van der Waals surface area (Å²) in [5.41, 5.74) is 1.19. The Bertz CT molecular complexity index is 1170. The zero-order chi connectivity index (χ0) is 20.3. The van der Waals surface area contributed by atoms with E-state index in [1.165, 1.54) is 0 Å². The molecule has 7 heteroatoms. The average molecular weight is 400 g/mol. The number of pyridine rings is 2. The van der Waals surface area contributed by atoms with E-state index >= 15 is 0 Å². The van der Waals surface area contributed by atoms with E-state index in [9.17, 15) is 4.79 Å². The molecule has 1 aliphatic rings. The van der Waals surface area contributed by atoms with E-state index in [-0.39, 0.29) is 18.6 Å². The smallest absolute Gasteiger partial charge is 0.276 e. The summed E-state index contributed by atoms with van der Waals surface area (Å²) < 4.78 is 11.3. The van der Waals surface area contributed by atoms with Gasteiger partial charge in [-0.1, -0.05) is 23.4 Å². The third kappa shape index (κ3) is 3.50. The summed E-state index contributed by atoms with van der Waals surface area (Å²) in [5, 5.41) is 5.96. The summed E-state index contributed by atoms with van der Waals surface area (Å²) in [4.78, 5) is 23.4. The molecule has 1 aromatic carbocycles. The van der Waals surface area contributed by atoms with Gasteiger partial charge in [0.15, 0.2) is 11.5 Å².